The van der Waals surface area contributed by atoms with Gasteiger partial charge in [0.25, 0.3) is 0 Å². The van der Waals surface area contributed by atoms with Gasteiger partial charge in [0.1, 0.15) is 0 Å². The summed E-state index contributed by atoms with van der Waals surface area (Å²) in [5, 5.41) is 83.6. The van der Waals surface area contributed by atoms with E-state index in [4.69, 9.17) is 0 Å². The summed E-state index contributed by atoms with van der Waals surface area (Å²) in [5.74, 6) is 0. The Balaban J connectivity index is 0.000000142. The lowest BCUT2D eigenvalue weighted by atomic mass is 9.80. The fraction of sp³-hybridized carbons (Fsp3) is 0.256. The van der Waals surface area contributed by atoms with Gasteiger partial charge in [0, 0.05) is 0 Å². The predicted molar refractivity (Wildman–Crippen MR) is 558 cm³/mol. The Bertz CT molecular complexity index is 5720. The highest BCUT2D eigenvalue weighted by molar-refractivity contribution is 7.98. The zero-order valence-electron chi connectivity index (χ0n) is 79.1. The molecule has 2 aliphatic carbocycles. The largest absolute Gasteiger partial charge is 0.389 e. The van der Waals surface area contributed by atoms with Crippen LogP contribution in [0.15, 0.2) is 480 Å². The quantitative estimate of drug-likeness (QED) is 0.0236. The SMILES string of the molecule is CC(C)(O)c1ccc([S+](c2ccccc2)c2ccc(C(C)(C)O)cc2)cc1.CC(O)c1ccc([S+](c2ccccc2)c2ccc(C(C)O)cc2)cc1.CCC(O)(CC)c1ccc([S+](c2ccccc2)c2ccc(C(O)(CC)CC)cc2)cc1.OC1(c2ccc([S+](c3ccccc3)c3ccccc3)cc2)CCCC1.OC1(c2ccc([S+](c3ccccc3)c3ccccc3)cc2)CCCCC1. The highest BCUT2D eigenvalue weighted by Crippen LogP contribution is 2.44. The van der Waals surface area contributed by atoms with Gasteiger partial charge in [-0.05, 0) is 319 Å². The summed E-state index contributed by atoms with van der Waals surface area (Å²) in [7, 11) is -0.967. The number of aliphatic hydroxyl groups excluding tert-OH is 2. The van der Waals surface area contributed by atoms with Gasteiger partial charge in [0.2, 0.25) is 0 Å². The number of rotatable bonds is 27. The monoisotopic (exact) mass is 1870 g/mol. The molecule has 690 valence electrons. The van der Waals surface area contributed by atoms with Crippen LogP contribution in [0, 0.1) is 0 Å². The molecule has 0 radical (unpaired) electrons. The molecule has 2 saturated carbocycles. The van der Waals surface area contributed by atoms with Crippen LogP contribution in [0.4, 0.5) is 0 Å². The number of hydrogen-bond acceptors (Lipinski definition) is 8. The number of aliphatic hydroxyl groups is 8. The molecule has 2 unspecified atom stereocenters. The van der Waals surface area contributed by atoms with Crippen LogP contribution in [0.1, 0.15) is 209 Å². The molecule has 0 heterocycles. The smallest absolute Gasteiger partial charge is 0.166 e. The van der Waals surface area contributed by atoms with Crippen molar-refractivity contribution in [2.24, 2.45) is 0 Å². The minimum absolute atomic E-state index is 0.120. The molecular weight excluding hydrogens is 1740 g/mol. The molecule has 0 bridgehead atoms. The molecule has 15 aromatic carbocycles. The summed E-state index contributed by atoms with van der Waals surface area (Å²) < 4.78 is 0. The molecule has 17 rings (SSSR count). The molecule has 0 amide bonds. The zero-order chi connectivity index (χ0) is 94.9. The molecule has 0 spiro atoms. The average Bonchev–Trinajstić information content (AvgIpc) is 0.859. The highest BCUT2D eigenvalue weighted by Gasteiger charge is 2.39. The Kier molecular flexibility index (Phi) is 35.8. The second-order valence-electron chi connectivity index (χ2n) is 35.8. The van der Waals surface area contributed by atoms with Crippen LogP contribution in [0.3, 0.4) is 0 Å². The normalized spacial score (nSPS) is 14.3. The van der Waals surface area contributed by atoms with Crippen molar-refractivity contribution >= 4 is 54.5 Å². The first-order valence-electron chi connectivity index (χ1n) is 47.3. The van der Waals surface area contributed by atoms with E-state index in [1.165, 1.54) is 79.9 Å². The van der Waals surface area contributed by atoms with E-state index in [-0.39, 0.29) is 54.5 Å². The highest BCUT2D eigenvalue weighted by atomic mass is 32.2. The second kappa shape index (κ2) is 47.5. The van der Waals surface area contributed by atoms with Gasteiger partial charge in [-0.2, -0.15) is 0 Å². The molecule has 2 atom stereocenters. The van der Waals surface area contributed by atoms with E-state index in [9.17, 15) is 40.9 Å². The van der Waals surface area contributed by atoms with E-state index in [0.29, 0.717) is 25.7 Å². The lowest BCUT2D eigenvalue weighted by Gasteiger charge is -2.32. The van der Waals surface area contributed by atoms with E-state index in [0.717, 1.165) is 95.9 Å². The Morgan fingerprint density at radius 3 is 0.552 bits per heavy atom. The Morgan fingerprint density at radius 2 is 0.381 bits per heavy atom. The van der Waals surface area contributed by atoms with E-state index in [1.807, 2.05) is 94.4 Å². The lowest BCUT2D eigenvalue weighted by molar-refractivity contribution is -0.000691. The minimum Gasteiger partial charge on any atom is -0.389 e. The molecular formula is C121H133O8S5+5. The van der Waals surface area contributed by atoms with E-state index >= 15 is 0 Å². The predicted octanol–water partition coefficient (Wildman–Crippen LogP) is 28.4. The summed E-state index contributed by atoms with van der Waals surface area (Å²) in [6, 6.07) is 141. The molecule has 8 N–H and O–H groups in total. The maximum Gasteiger partial charge on any atom is 0.166 e. The van der Waals surface area contributed by atoms with Crippen LogP contribution in [-0.2, 0) is 88.1 Å². The topological polar surface area (TPSA) is 162 Å². The van der Waals surface area contributed by atoms with Crippen LogP contribution < -0.4 is 0 Å². The summed E-state index contributed by atoms with van der Waals surface area (Å²) >= 11 is 0. The third kappa shape index (κ3) is 26.1. The van der Waals surface area contributed by atoms with Crippen molar-refractivity contribution in [2.75, 3.05) is 0 Å². The maximum atomic E-state index is 11.0. The Morgan fingerprint density at radius 1 is 0.224 bits per heavy atom. The van der Waals surface area contributed by atoms with Crippen molar-refractivity contribution in [2.45, 2.75) is 272 Å². The van der Waals surface area contributed by atoms with Gasteiger partial charge in [-0.3, -0.25) is 0 Å². The molecule has 0 aromatic heterocycles. The molecule has 13 heteroatoms. The zero-order valence-corrected chi connectivity index (χ0v) is 83.2. The van der Waals surface area contributed by atoms with Crippen molar-refractivity contribution in [1.29, 1.82) is 0 Å². The van der Waals surface area contributed by atoms with E-state index in [1.54, 1.807) is 41.5 Å². The standard InChI is InChI=1S/C28H35O2S.C24H27O2S.C24H25OS.C23H23OS.C22H23O2S/c1-5-27(29,6-2)22-14-18-25(19-15-22)31(24-12-10-9-11-13-24)26-20-16-23(17-21-26)28(30,7-3)8-4;1-23(2,25)18-10-14-21(15-11-18)27(20-8-6-5-7-9-20)22-16-12-19(13-17-22)24(3,4)26;25-24(18-8-3-9-19-24)20-14-16-23(17-15-20)26(21-10-4-1-5-11-21)22-12-6-2-7-13-22;24-23(17-7-8-18-23)19-13-15-22(16-14-19)25(20-9-3-1-4-10-20)21-11-5-2-6-12-21;1-16(23)18-8-12-21(13-9-18)25(20-6-4-3-5-7-20)22-14-10-19(11-15-22)17(2)24/h9-21,29-30H,5-8H2,1-4H3;5-17,25-26H,1-4H3;1-2,4-7,10-17,25H,3,8-9,18-19H2;1-6,9-16,24H,7-8,17-18H2;3-17,23-24H,1-2H3/q5*+1. The molecule has 2 fully saturated rings. The maximum absolute atomic E-state index is 11.0. The molecule has 0 aliphatic heterocycles. The van der Waals surface area contributed by atoms with Crippen LogP contribution in [0.25, 0.3) is 0 Å². The van der Waals surface area contributed by atoms with Gasteiger partial charge in [0.15, 0.2) is 73.4 Å². The summed E-state index contributed by atoms with van der Waals surface area (Å²) in [5.41, 5.74) is 3.27. The van der Waals surface area contributed by atoms with Crippen molar-refractivity contribution in [3.63, 3.8) is 0 Å². The summed E-state index contributed by atoms with van der Waals surface area (Å²) in [4.78, 5) is 18.9. The van der Waals surface area contributed by atoms with Crippen molar-refractivity contribution in [3.05, 3.63) is 451 Å². The summed E-state index contributed by atoms with van der Waals surface area (Å²) in [6.07, 6.45) is 11.1. The van der Waals surface area contributed by atoms with Crippen molar-refractivity contribution in [3.8, 4) is 0 Å². The first-order valence-corrected chi connectivity index (χ1v) is 53.4. The lowest BCUT2D eigenvalue weighted by Crippen LogP contribution is -2.28. The van der Waals surface area contributed by atoms with Crippen LogP contribution in [0.5, 0.6) is 0 Å². The molecule has 0 saturated heterocycles. The average molecular weight is 1880 g/mol. The van der Waals surface area contributed by atoms with Crippen LogP contribution in [0.2, 0.25) is 0 Å². The number of hydrogen-bond donors (Lipinski definition) is 8. The van der Waals surface area contributed by atoms with Crippen LogP contribution in [-0.4, -0.2) is 40.9 Å². The molecule has 15 aromatic rings. The Labute approximate surface area is 811 Å². The fourth-order valence-electron chi connectivity index (χ4n) is 17.3. The van der Waals surface area contributed by atoms with Gasteiger partial charge < -0.3 is 40.9 Å². The van der Waals surface area contributed by atoms with Crippen LogP contribution >= 0.6 is 0 Å². The van der Waals surface area contributed by atoms with E-state index in [2.05, 4.69) is 340 Å². The molecule has 134 heavy (non-hydrogen) atoms. The van der Waals surface area contributed by atoms with E-state index < -0.39 is 45.8 Å². The Hall–Kier alpha value is -10.3. The minimum atomic E-state index is -0.849. The first kappa shape index (κ1) is 101. The van der Waals surface area contributed by atoms with Gasteiger partial charge >= 0.3 is 0 Å². The van der Waals surface area contributed by atoms with Crippen molar-refractivity contribution < 1.29 is 40.9 Å². The first-order chi connectivity index (χ1) is 64.6. The number of benzene rings is 15. The molecule has 8 nitrogen and oxygen atoms in total. The fourth-order valence-corrected chi connectivity index (χ4v) is 27.6. The van der Waals surface area contributed by atoms with Gasteiger partial charge in [-0.15, -0.1) is 0 Å². The van der Waals surface area contributed by atoms with Gasteiger partial charge in [0.05, 0.1) is 100 Å². The summed E-state index contributed by atoms with van der Waals surface area (Å²) in [6.45, 7) is 18.9. The van der Waals surface area contributed by atoms with Gasteiger partial charge in [-0.25, -0.2) is 0 Å². The second-order valence-corrected chi connectivity index (χ2v) is 45.9. The third-order valence-electron chi connectivity index (χ3n) is 25.6. The molecule has 2 aliphatic rings. The third-order valence-corrected chi connectivity index (χ3v) is 36.8. The van der Waals surface area contributed by atoms with Crippen molar-refractivity contribution in [1.82, 2.24) is 0 Å². The van der Waals surface area contributed by atoms with Gasteiger partial charge in [-0.1, -0.05) is 284 Å².